The molecule has 3 aromatic carbocycles. The third-order valence-corrected chi connectivity index (χ3v) is 13.2. The van der Waals surface area contributed by atoms with E-state index in [-0.39, 0.29) is 5.97 Å². The lowest BCUT2D eigenvalue weighted by Crippen LogP contribution is -2.20. The van der Waals surface area contributed by atoms with Crippen molar-refractivity contribution in [2.24, 2.45) is 0 Å². The molecule has 0 fully saturated rings. The van der Waals surface area contributed by atoms with E-state index in [1.807, 2.05) is 6.92 Å². The molecule has 0 saturated carbocycles. The first-order valence-electron chi connectivity index (χ1n) is 19.8. The second-order valence-electron chi connectivity index (χ2n) is 13.8. The van der Waals surface area contributed by atoms with Crippen molar-refractivity contribution in [3.8, 4) is 0 Å². The molecule has 0 radical (unpaired) electrons. The van der Waals surface area contributed by atoms with Crippen molar-refractivity contribution in [3.63, 3.8) is 0 Å². The monoisotopic (exact) mass is 672 g/mol. The highest BCUT2D eigenvalue weighted by Crippen LogP contribution is 2.73. The third kappa shape index (κ3) is 10.5. The van der Waals surface area contributed by atoms with Crippen molar-refractivity contribution in [1.82, 2.24) is 0 Å². The molecule has 2 nitrogen and oxygen atoms in total. The summed E-state index contributed by atoms with van der Waals surface area (Å²) >= 11 is 0. The van der Waals surface area contributed by atoms with Crippen molar-refractivity contribution < 1.29 is 8.98 Å². The average molecular weight is 673 g/mol. The number of hydrogen-bond acceptors (Lipinski definition) is 2. The van der Waals surface area contributed by atoms with Gasteiger partial charge >= 0.3 is 5.97 Å². The summed E-state index contributed by atoms with van der Waals surface area (Å²) in [5.41, 5.74) is 8.56. The van der Waals surface area contributed by atoms with Gasteiger partial charge in [-0.05, 0) is 133 Å². The van der Waals surface area contributed by atoms with Gasteiger partial charge in [-0.25, -0.2) is 0 Å². The van der Waals surface area contributed by atoms with E-state index >= 15 is 0 Å². The van der Waals surface area contributed by atoms with E-state index in [4.69, 9.17) is 4.18 Å². The molecule has 0 aliphatic rings. The van der Waals surface area contributed by atoms with E-state index in [1.165, 1.54) is 73.8 Å². The van der Waals surface area contributed by atoms with Crippen LogP contribution in [0.2, 0.25) is 0 Å². The second kappa shape index (κ2) is 21.5. The molecule has 0 saturated heterocycles. The lowest BCUT2D eigenvalue weighted by Gasteiger charge is -2.45. The van der Waals surface area contributed by atoms with Gasteiger partial charge in [0, 0.05) is 21.1 Å². The minimum atomic E-state index is -2.41. The number of unbranched alkanes of at least 4 members (excludes halogenated alkanes) is 6. The van der Waals surface area contributed by atoms with Crippen molar-refractivity contribution in [2.45, 2.75) is 185 Å². The third-order valence-electron chi connectivity index (χ3n) is 9.60. The number of aryl methyl sites for hydroxylation is 6. The van der Waals surface area contributed by atoms with Gasteiger partial charge in [0.2, 0.25) is 0 Å². The molecule has 0 amide bonds. The van der Waals surface area contributed by atoms with E-state index in [1.54, 1.807) is 0 Å². The summed E-state index contributed by atoms with van der Waals surface area (Å²) < 4.78 is 7.31. The minimum absolute atomic E-state index is 0.0928. The predicted octanol–water partition coefficient (Wildman–Crippen LogP) is 13.9. The maximum Gasteiger partial charge on any atom is 0.316 e. The molecule has 0 atom stereocenters. The molecule has 48 heavy (non-hydrogen) atoms. The molecule has 0 aromatic heterocycles. The summed E-state index contributed by atoms with van der Waals surface area (Å²) in [7, 11) is -2.41. The summed E-state index contributed by atoms with van der Waals surface area (Å²) in [5, 5.41) is 0. The number of rotatable bonds is 23. The molecule has 266 valence electrons. The molecule has 0 heterocycles. The standard InChI is InChI=1S/C45H68O2S/c1-8-15-24-36-32-38(26-17-10-3)44(39(33-36)27-18-11-4)48(47-43(46)14-7,42-30-22-21-23-31-42)45-40(28-19-12-5)34-37(25-16-9-2)35-41(45)29-20-13-6/h21-23,30-35H,8-20,24-29H2,1-7H3. The molecule has 3 rings (SSSR count). The van der Waals surface area contributed by atoms with E-state index in [0.29, 0.717) is 6.42 Å². The lowest BCUT2D eigenvalue weighted by atomic mass is 9.96. The number of benzene rings is 3. The van der Waals surface area contributed by atoms with Gasteiger partial charge in [-0.1, -0.05) is 129 Å². The zero-order valence-electron chi connectivity index (χ0n) is 31.9. The lowest BCUT2D eigenvalue weighted by molar-refractivity contribution is -0.133. The van der Waals surface area contributed by atoms with Crippen molar-refractivity contribution in [2.75, 3.05) is 0 Å². The van der Waals surface area contributed by atoms with Crippen LogP contribution >= 0.6 is 10.3 Å². The SMILES string of the molecule is CCCCc1cc(CCCC)c(S(OC(=O)CC)(c2ccccc2)c2c(CCCC)cc(CCCC)cc2CCCC)c(CCCC)c1. The fraction of sp³-hybridized carbons (Fsp3) is 0.578. The first-order chi connectivity index (χ1) is 23.4. The van der Waals surface area contributed by atoms with Gasteiger partial charge in [-0.2, -0.15) is 0 Å². The highest BCUT2D eigenvalue weighted by Gasteiger charge is 2.42. The van der Waals surface area contributed by atoms with Gasteiger partial charge in [0.05, 0.1) is 0 Å². The number of carbonyl (C=O) groups is 1. The Balaban J connectivity index is 2.66. The fourth-order valence-electron chi connectivity index (χ4n) is 6.93. The van der Waals surface area contributed by atoms with Crippen molar-refractivity contribution in [1.29, 1.82) is 0 Å². The van der Waals surface area contributed by atoms with Crippen LogP contribution in [0.15, 0.2) is 69.3 Å². The van der Waals surface area contributed by atoms with Crippen LogP contribution in [0.3, 0.4) is 0 Å². The van der Waals surface area contributed by atoms with Gasteiger partial charge < -0.3 is 4.18 Å². The Morgan fingerprint density at radius 3 is 1.15 bits per heavy atom. The maximum atomic E-state index is 14.1. The maximum absolute atomic E-state index is 14.1. The van der Waals surface area contributed by atoms with Crippen molar-refractivity contribution >= 4 is 16.3 Å². The summed E-state index contributed by atoms with van der Waals surface area (Å²) in [6, 6.07) is 21.1. The minimum Gasteiger partial charge on any atom is -0.402 e. The Hall–Kier alpha value is -2.52. The van der Waals surface area contributed by atoms with Crippen LogP contribution in [0, 0.1) is 0 Å². The smallest absolute Gasteiger partial charge is 0.316 e. The Kier molecular flexibility index (Phi) is 17.9. The van der Waals surface area contributed by atoms with Gasteiger partial charge in [0.1, 0.15) is 0 Å². The molecule has 3 heteroatoms. The van der Waals surface area contributed by atoms with Crippen molar-refractivity contribution in [3.05, 3.63) is 88.0 Å². The van der Waals surface area contributed by atoms with Crippen LogP contribution in [0.25, 0.3) is 0 Å². The van der Waals surface area contributed by atoms with Crippen LogP contribution in [-0.2, 0) is 47.5 Å². The van der Waals surface area contributed by atoms with Crippen LogP contribution in [0.4, 0.5) is 0 Å². The Labute approximate surface area is 297 Å². The van der Waals surface area contributed by atoms with Crippen LogP contribution < -0.4 is 0 Å². The largest absolute Gasteiger partial charge is 0.402 e. The normalized spacial score (nSPS) is 12.0. The van der Waals surface area contributed by atoms with Gasteiger partial charge in [-0.3, -0.25) is 4.79 Å². The molecule has 0 spiro atoms. The molecule has 3 aromatic rings. The number of hydrogen-bond donors (Lipinski definition) is 0. The van der Waals surface area contributed by atoms with Gasteiger partial charge in [-0.15, -0.1) is 0 Å². The number of carbonyl (C=O) groups excluding carboxylic acids is 1. The Morgan fingerprint density at radius 2 is 0.833 bits per heavy atom. The highest BCUT2D eigenvalue weighted by atomic mass is 32.3. The van der Waals surface area contributed by atoms with Gasteiger partial charge in [0.25, 0.3) is 0 Å². The first kappa shape index (κ1) is 39.9. The molecule has 0 aliphatic heterocycles. The van der Waals surface area contributed by atoms with Crippen LogP contribution in [0.5, 0.6) is 0 Å². The van der Waals surface area contributed by atoms with Gasteiger partial charge in [0.15, 0.2) is 0 Å². The average Bonchev–Trinajstić information content (AvgIpc) is 3.11. The zero-order chi connectivity index (χ0) is 34.8. The van der Waals surface area contributed by atoms with Crippen LogP contribution in [0.1, 0.15) is 165 Å². The molecule has 0 N–H and O–H groups in total. The van der Waals surface area contributed by atoms with E-state index in [9.17, 15) is 4.79 Å². The molecular weight excluding hydrogens is 605 g/mol. The molecule has 0 bridgehead atoms. The Bertz CT molecular complexity index is 1240. The summed E-state index contributed by atoms with van der Waals surface area (Å²) in [6.07, 6.45) is 20.5. The Morgan fingerprint density at radius 1 is 0.500 bits per heavy atom. The molecule has 0 unspecified atom stereocenters. The zero-order valence-corrected chi connectivity index (χ0v) is 32.7. The van der Waals surface area contributed by atoms with E-state index < -0.39 is 10.3 Å². The summed E-state index contributed by atoms with van der Waals surface area (Å²) in [5.74, 6) is -0.0928. The quantitative estimate of drug-likeness (QED) is 0.100. The second-order valence-corrected chi connectivity index (χ2v) is 16.4. The topological polar surface area (TPSA) is 26.3 Å². The molecular formula is C45H68O2S. The highest BCUT2D eigenvalue weighted by molar-refractivity contribution is 8.30. The summed E-state index contributed by atoms with van der Waals surface area (Å²) in [6.45, 7) is 15.7. The summed E-state index contributed by atoms with van der Waals surface area (Å²) in [4.78, 5) is 17.9. The van der Waals surface area contributed by atoms with Crippen LogP contribution in [-0.4, -0.2) is 5.97 Å². The fourth-order valence-corrected chi connectivity index (χ4v) is 10.9. The van der Waals surface area contributed by atoms with E-state index in [0.717, 1.165) is 89.9 Å². The predicted molar refractivity (Wildman–Crippen MR) is 210 cm³/mol. The molecule has 0 aliphatic carbocycles. The first-order valence-corrected chi connectivity index (χ1v) is 21.4. The van der Waals surface area contributed by atoms with E-state index in [2.05, 4.69) is 96.1 Å².